The van der Waals surface area contributed by atoms with Gasteiger partial charge >= 0.3 is 0 Å². The Morgan fingerprint density at radius 1 is 1.30 bits per heavy atom. The van der Waals surface area contributed by atoms with Gasteiger partial charge in [0.2, 0.25) is 0 Å². The minimum absolute atomic E-state index is 0.211. The van der Waals surface area contributed by atoms with Crippen LogP contribution in [0.3, 0.4) is 0 Å². The van der Waals surface area contributed by atoms with E-state index < -0.39 is 0 Å². The second-order valence-corrected chi connectivity index (χ2v) is 8.21. The summed E-state index contributed by atoms with van der Waals surface area (Å²) in [6.45, 7) is 8.57. The molecule has 1 amide bonds. The van der Waals surface area contributed by atoms with Crippen molar-refractivity contribution in [2.24, 2.45) is 0 Å². The number of carbonyl (C=O) groups excluding carboxylic acids is 1. The monoisotopic (exact) mass is 431 g/mol. The zero-order chi connectivity index (χ0) is 21.7. The topological polar surface area (TPSA) is 72.9 Å². The molecule has 0 radical (unpaired) electrons. The van der Waals surface area contributed by atoms with E-state index in [1.165, 1.54) is 11.3 Å². The van der Waals surface area contributed by atoms with Gasteiger partial charge in [0.25, 0.3) is 5.91 Å². The van der Waals surface area contributed by atoms with Gasteiger partial charge in [-0.05, 0) is 32.9 Å². The molecule has 2 heterocycles. The highest BCUT2D eigenvalue weighted by atomic mass is 32.1. The fraction of sp³-hybridized carbons (Fsp3) is 0.455. The Hall–Kier alpha value is -2.42. The predicted octanol–water partition coefficient (Wildman–Crippen LogP) is 4.05. The van der Waals surface area contributed by atoms with Gasteiger partial charge in [0.15, 0.2) is 16.6 Å². The summed E-state index contributed by atoms with van der Waals surface area (Å²) in [5, 5.41) is 5.46. The van der Waals surface area contributed by atoms with Crippen LogP contribution in [0.25, 0.3) is 6.08 Å². The molecule has 0 saturated carbocycles. The van der Waals surface area contributed by atoms with E-state index in [2.05, 4.69) is 29.0 Å². The zero-order valence-electron chi connectivity index (χ0n) is 18.1. The molecule has 0 spiro atoms. The van der Waals surface area contributed by atoms with Crippen LogP contribution in [0.2, 0.25) is 0 Å². The highest BCUT2D eigenvalue weighted by molar-refractivity contribution is 7.14. The van der Waals surface area contributed by atoms with Crippen LogP contribution in [0, 0.1) is 0 Å². The third kappa shape index (κ3) is 5.38. The Morgan fingerprint density at radius 2 is 2.03 bits per heavy atom. The van der Waals surface area contributed by atoms with E-state index in [0.29, 0.717) is 22.2 Å². The molecule has 1 saturated heterocycles. The molecule has 162 valence electrons. The molecule has 0 bridgehead atoms. The summed E-state index contributed by atoms with van der Waals surface area (Å²) in [6.07, 6.45) is 4.19. The zero-order valence-corrected chi connectivity index (χ0v) is 18.9. The van der Waals surface area contributed by atoms with Gasteiger partial charge in [0, 0.05) is 36.1 Å². The first kappa shape index (κ1) is 22.3. The fourth-order valence-electron chi connectivity index (χ4n) is 3.68. The first-order valence-electron chi connectivity index (χ1n) is 9.95. The molecule has 2 aromatic rings. The standard InChI is InChI=1S/C22H29N3O4S/c1-6-7-16-8-17(9-19(27-4)20(16)28-5)21(26)24-22-23-18(13-30-22)12-25-10-14(2)29-15(3)11-25/h6-9,13-15H,10-12H2,1-5H3,(H,23,24,26)/b7-6+. The van der Waals surface area contributed by atoms with Gasteiger partial charge in [0.05, 0.1) is 32.1 Å². The van der Waals surface area contributed by atoms with Crippen molar-refractivity contribution >= 4 is 28.5 Å². The summed E-state index contributed by atoms with van der Waals surface area (Å²) in [6, 6.07) is 3.45. The molecular formula is C22H29N3O4S. The number of methoxy groups -OCH3 is 2. The maximum atomic E-state index is 12.8. The molecule has 2 atom stereocenters. The van der Waals surface area contributed by atoms with E-state index in [1.54, 1.807) is 26.4 Å². The SMILES string of the molecule is C/C=C/c1cc(C(=O)Nc2nc(CN3CC(C)OC(C)C3)cs2)cc(OC)c1OC. The molecule has 1 aromatic heterocycles. The minimum Gasteiger partial charge on any atom is -0.493 e. The Labute approximate surface area is 181 Å². The summed E-state index contributed by atoms with van der Waals surface area (Å²) in [5.74, 6) is 0.863. The average molecular weight is 432 g/mol. The lowest BCUT2D eigenvalue weighted by atomic mass is 10.1. The first-order valence-corrected chi connectivity index (χ1v) is 10.8. The largest absolute Gasteiger partial charge is 0.493 e. The average Bonchev–Trinajstić information content (AvgIpc) is 3.13. The highest BCUT2D eigenvalue weighted by Crippen LogP contribution is 2.34. The number of ether oxygens (including phenoxy) is 3. The van der Waals surface area contributed by atoms with Gasteiger partial charge in [-0.1, -0.05) is 12.2 Å². The minimum atomic E-state index is -0.240. The van der Waals surface area contributed by atoms with E-state index in [1.807, 2.05) is 24.5 Å². The number of hydrogen-bond donors (Lipinski definition) is 1. The molecule has 1 aliphatic rings. The van der Waals surface area contributed by atoms with Crippen LogP contribution < -0.4 is 14.8 Å². The number of rotatable bonds is 7. The summed E-state index contributed by atoms with van der Waals surface area (Å²) < 4.78 is 16.6. The molecule has 1 aliphatic heterocycles. The number of morpholine rings is 1. The van der Waals surface area contributed by atoms with Crippen LogP contribution in [-0.2, 0) is 11.3 Å². The fourth-order valence-corrected chi connectivity index (χ4v) is 4.37. The van der Waals surface area contributed by atoms with Crippen molar-refractivity contribution in [3.8, 4) is 11.5 Å². The number of hydrogen-bond acceptors (Lipinski definition) is 7. The number of benzene rings is 1. The Bertz CT molecular complexity index is 902. The van der Waals surface area contributed by atoms with Crippen molar-refractivity contribution in [2.45, 2.75) is 39.5 Å². The Morgan fingerprint density at radius 3 is 2.67 bits per heavy atom. The van der Waals surface area contributed by atoms with Crippen LogP contribution in [0.4, 0.5) is 5.13 Å². The molecule has 8 heteroatoms. The van der Waals surface area contributed by atoms with Crippen LogP contribution in [0.5, 0.6) is 11.5 Å². The van der Waals surface area contributed by atoms with Crippen molar-refractivity contribution in [3.63, 3.8) is 0 Å². The van der Waals surface area contributed by atoms with Crippen LogP contribution in [0.15, 0.2) is 23.6 Å². The van der Waals surface area contributed by atoms with Gasteiger partial charge < -0.3 is 14.2 Å². The predicted molar refractivity (Wildman–Crippen MR) is 120 cm³/mol. The quantitative estimate of drug-likeness (QED) is 0.713. The van der Waals surface area contributed by atoms with Gasteiger partial charge in [-0.15, -0.1) is 11.3 Å². The van der Waals surface area contributed by atoms with E-state index in [4.69, 9.17) is 14.2 Å². The highest BCUT2D eigenvalue weighted by Gasteiger charge is 2.23. The summed E-state index contributed by atoms with van der Waals surface area (Å²) in [4.78, 5) is 19.8. The molecule has 0 aliphatic carbocycles. The van der Waals surface area contributed by atoms with E-state index in [0.717, 1.165) is 30.9 Å². The van der Waals surface area contributed by atoms with Crippen molar-refractivity contribution in [2.75, 3.05) is 32.6 Å². The molecular weight excluding hydrogens is 402 g/mol. The normalized spacial score (nSPS) is 19.8. The number of allylic oxidation sites excluding steroid dienone is 1. The van der Waals surface area contributed by atoms with Crippen LogP contribution in [0.1, 0.15) is 42.4 Å². The second kappa shape index (κ2) is 10.1. The molecule has 3 rings (SSSR count). The van der Waals surface area contributed by atoms with Gasteiger partial charge in [-0.2, -0.15) is 0 Å². The Balaban J connectivity index is 1.71. The molecule has 30 heavy (non-hydrogen) atoms. The smallest absolute Gasteiger partial charge is 0.257 e. The van der Waals surface area contributed by atoms with Gasteiger partial charge in [-0.3, -0.25) is 15.0 Å². The number of nitrogens with one attached hydrogen (secondary N) is 1. The van der Waals surface area contributed by atoms with Crippen LogP contribution in [-0.4, -0.2) is 55.3 Å². The third-order valence-electron chi connectivity index (χ3n) is 4.77. The molecule has 2 unspecified atom stereocenters. The van der Waals surface area contributed by atoms with Crippen molar-refractivity contribution in [1.82, 2.24) is 9.88 Å². The lowest BCUT2D eigenvalue weighted by Crippen LogP contribution is -2.44. The van der Waals surface area contributed by atoms with E-state index in [9.17, 15) is 4.79 Å². The molecule has 1 aromatic carbocycles. The summed E-state index contributed by atoms with van der Waals surface area (Å²) in [7, 11) is 3.14. The first-order chi connectivity index (χ1) is 14.4. The lowest BCUT2D eigenvalue weighted by Gasteiger charge is -2.34. The summed E-state index contributed by atoms with van der Waals surface area (Å²) >= 11 is 1.42. The Kier molecular flexibility index (Phi) is 7.47. The lowest BCUT2D eigenvalue weighted by molar-refractivity contribution is -0.0707. The molecule has 1 N–H and O–H groups in total. The number of aromatic nitrogens is 1. The number of nitrogens with zero attached hydrogens (tertiary/aromatic N) is 2. The van der Waals surface area contributed by atoms with Crippen LogP contribution >= 0.6 is 11.3 Å². The maximum absolute atomic E-state index is 12.8. The van der Waals surface area contributed by atoms with Gasteiger partial charge in [0.1, 0.15) is 0 Å². The summed E-state index contributed by atoms with van der Waals surface area (Å²) in [5.41, 5.74) is 2.20. The van der Waals surface area contributed by atoms with Crippen molar-refractivity contribution < 1.29 is 19.0 Å². The number of thiazole rings is 1. The van der Waals surface area contributed by atoms with Crippen molar-refractivity contribution in [1.29, 1.82) is 0 Å². The van der Waals surface area contributed by atoms with Crippen molar-refractivity contribution in [3.05, 3.63) is 40.4 Å². The number of anilines is 1. The van der Waals surface area contributed by atoms with E-state index >= 15 is 0 Å². The third-order valence-corrected chi connectivity index (χ3v) is 5.58. The second-order valence-electron chi connectivity index (χ2n) is 7.35. The number of amides is 1. The van der Waals surface area contributed by atoms with Gasteiger partial charge in [-0.25, -0.2) is 4.98 Å². The molecule has 1 fully saturated rings. The van der Waals surface area contributed by atoms with E-state index in [-0.39, 0.29) is 18.1 Å². The maximum Gasteiger partial charge on any atom is 0.257 e. The number of carbonyl (C=O) groups is 1. The molecule has 7 nitrogen and oxygen atoms in total.